The minimum atomic E-state index is -0.419. The number of allylic oxidation sites excluding steroid dienone is 1. The van der Waals surface area contributed by atoms with E-state index in [0.717, 1.165) is 12.8 Å². The molecule has 0 radical (unpaired) electrons. The highest BCUT2D eigenvalue weighted by atomic mass is 79.9. The Kier molecular flexibility index (Phi) is 5.95. The van der Waals surface area contributed by atoms with Gasteiger partial charge in [0.25, 0.3) is 0 Å². The van der Waals surface area contributed by atoms with Gasteiger partial charge < -0.3 is 0 Å². The van der Waals surface area contributed by atoms with Crippen molar-refractivity contribution in [1.29, 1.82) is 0 Å². The van der Waals surface area contributed by atoms with Crippen LogP contribution in [-0.4, -0.2) is 17.4 Å². The SMILES string of the molecule is CCOOC(=O)/C=C/C1CCC(Br)CC1. The predicted molar refractivity (Wildman–Crippen MR) is 61.5 cm³/mol. The zero-order valence-electron chi connectivity index (χ0n) is 8.95. The maximum absolute atomic E-state index is 11.1. The monoisotopic (exact) mass is 276 g/mol. The molecule has 0 bridgehead atoms. The molecule has 0 spiro atoms. The summed E-state index contributed by atoms with van der Waals surface area (Å²) in [6.45, 7) is 2.16. The average molecular weight is 277 g/mol. The van der Waals surface area contributed by atoms with E-state index in [-0.39, 0.29) is 0 Å². The maximum Gasteiger partial charge on any atom is 0.365 e. The molecule has 1 aliphatic carbocycles. The zero-order chi connectivity index (χ0) is 11.1. The molecule has 0 aliphatic heterocycles. The van der Waals surface area contributed by atoms with E-state index in [4.69, 9.17) is 0 Å². The Morgan fingerprint density at radius 3 is 2.67 bits per heavy atom. The van der Waals surface area contributed by atoms with Crippen molar-refractivity contribution in [1.82, 2.24) is 0 Å². The van der Waals surface area contributed by atoms with Crippen LogP contribution in [0.1, 0.15) is 32.6 Å². The first-order valence-electron chi connectivity index (χ1n) is 5.38. The van der Waals surface area contributed by atoms with Gasteiger partial charge in [0.05, 0.1) is 6.61 Å². The van der Waals surface area contributed by atoms with Crippen molar-refractivity contribution in [2.24, 2.45) is 5.92 Å². The molecule has 86 valence electrons. The van der Waals surface area contributed by atoms with E-state index in [0.29, 0.717) is 17.4 Å². The number of rotatable bonds is 4. The molecule has 1 fully saturated rings. The number of carbonyl (C=O) groups excluding carboxylic acids is 1. The van der Waals surface area contributed by atoms with Crippen molar-refractivity contribution >= 4 is 21.9 Å². The third kappa shape index (κ3) is 5.33. The number of hydrogen-bond donors (Lipinski definition) is 0. The van der Waals surface area contributed by atoms with Gasteiger partial charge in [-0.3, -0.25) is 4.89 Å². The molecule has 1 aliphatic rings. The first-order chi connectivity index (χ1) is 7.22. The van der Waals surface area contributed by atoms with Crippen molar-refractivity contribution in [2.45, 2.75) is 37.4 Å². The zero-order valence-corrected chi connectivity index (χ0v) is 10.5. The van der Waals surface area contributed by atoms with E-state index in [9.17, 15) is 4.79 Å². The molecule has 1 saturated carbocycles. The minimum Gasteiger partial charge on any atom is -0.294 e. The quantitative estimate of drug-likeness (QED) is 0.343. The molecule has 0 aromatic carbocycles. The Balaban J connectivity index is 2.22. The van der Waals surface area contributed by atoms with E-state index < -0.39 is 5.97 Å². The van der Waals surface area contributed by atoms with Crippen LogP contribution in [0.5, 0.6) is 0 Å². The summed E-state index contributed by atoms with van der Waals surface area (Å²) in [5.41, 5.74) is 0. The summed E-state index contributed by atoms with van der Waals surface area (Å²) in [7, 11) is 0. The lowest BCUT2D eigenvalue weighted by Crippen LogP contribution is -2.12. The van der Waals surface area contributed by atoms with E-state index >= 15 is 0 Å². The first-order valence-corrected chi connectivity index (χ1v) is 6.29. The highest BCUT2D eigenvalue weighted by Gasteiger charge is 2.17. The Labute approximate surface area is 98.9 Å². The van der Waals surface area contributed by atoms with Crippen LogP contribution in [0.25, 0.3) is 0 Å². The lowest BCUT2D eigenvalue weighted by molar-refractivity contribution is -0.264. The van der Waals surface area contributed by atoms with Gasteiger partial charge in [0.15, 0.2) is 0 Å². The summed E-state index contributed by atoms with van der Waals surface area (Å²) in [6.07, 6.45) is 8.02. The van der Waals surface area contributed by atoms with Crippen LogP contribution in [0.15, 0.2) is 12.2 Å². The fourth-order valence-electron chi connectivity index (χ4n) is 1.63. The van der Waals surface area contributed by atoms with Gasteiger partial charge in [0.2, 0.25) is 0 Å². The van der Waals surface area contributed by atoms with Gasteiger partial charge in [0, 0.05) is 10.9 Å². The smallest absolute Gasteiger partial charge is 0.294 e. The van der Waals surface area contributed by atoms with Crippen LogP contribution in [0.4, 0.5) is 0 Å². The Hall–Kier alpha value is -0.350. The van der Waals surface area contributed by atoms with E-state index in [1.54, 1.807) is 6.92 Å². The van der Waals surface area contributed by atoms with Crippen LogP contribution in [-0.2, 0) is 14.6 Å². The largest absolute Gasteiger partial charge is 0.365 e. The van der Waals surface area contributed by atoms with Crippen LogP contribution in [0.2, 0.25) is 0 Å². The van der Waals surface area contributed by atoms with Gasteiger partial charge >= 0.3 is 5.97 Å². The Bertz CT molecular complexity index is 220. The molecule has 0 aromatic rings. The van der Waals surface area contributed by atoms with Crippen LogP contribution in [0.3, 0.4) is 0 Å². The topological polar surface area (TPSA) is 35.5 Å². The van der Waals surface area contributed by atoms with E-state index in [1.807, 2.05) is 6.08 Å². The molecule has 0 unspecified atom stereocenters. The van der Waals surface area contributed by atoms with Gasteiger partial charge in [0.1, 0.15) is 0 Å². The molecule has 0 heterocycles. The molecule has 0 aromatic heterocycles. The summed E-state index contributed by atoms with van der Waals surface area (Å²) >= 11 is 3.59. The highest BCUT2D eigenvalue weighted by molar-refractivity contribution is 9.09. The Morgan fingerprint density at radius 1 is 1.40 bits per heavy atom. The number of carbonyl (C=O) groups is 1. The van der Waals surface area contributed by atoms with Crippen molar-refractivity contribution in [3.05, 3.63) is 12.2 Å². The van der Waals surface area contributed by atoms with Crippen molar-refractivity contribution < 1.29 is 14.6 Å². The lowest BCUT2D eigenvalue weighted by atomic mass is 9.89. The molecule has 4 heteroatoms. The second-order valence-electron chi connectivity index (χ2n) is 3.68. The van der Waals surface area contributed by atoms with Gasteiger partial charge in [-0.2, -0.15) is 4.89 Å². The molecular weight excluding hydrogens is 260 g/mol. The standard InChI is InChI=1S/C11H17BrO3/c1-2-14-15-11(13)8-5-9-3-6-10(12)7-4-9/h5,8-10H,2-4,6-7H2,1H3/b8-5+. The van der Waals surface area contributed by atoms with Crippen molar-refractivity contribution in [3.8, 4) is 0 Å². The Morgan fingerprint density at radius 2 is 2.07 bits per heavy atom. The second kappa shape index (κ2) is 7.01. The van der Waals surface area contributed by atoms with Crippen molar-refractivity contribution in [2.75, 3.05) is 6.61 Å². The highest BCUT2D eigenvalue weighted by Crippen LogP contribution is 2.29. The summed E-state index contributed by atoms with van der Waals surface area (Å²) in [5, 5.41) is 0. The van der Waals surface area contributed by atoms with Crippen LogP contribution < -0.4 is 0 Å². The maximum atomic E-state index is 11.1. The van der Waals surface area contributed by atoms with E-state index in [1.165, 1.54) is 18.9 Å². The average Bonchev–Trinajstić information content (AvgIpc) is 2.25. The van der Waals surface area contributed by atoms with Crippen molar-refractivity contribution in [3.63, 3.8) is 0 Å². The molecule has 0 N–H and O–H groups in total. The summed E-state index contributed by atoms with van der Waals surface area (Å²) in [4.78, 5) is 20.7. The first kappa shape index (κ1) is 12.7. The normalized spacial score (nSPS) is 26.8. The summed E-state index contributed by atoms with van der Waals surface area (Å²) in [6, 6.07) is 0. The fraction of sp³-hybridized carbons (Fsp3) is 0.727. The molecule has 1 rings (SSSR count). The molecular formula is C11H17BrO3. The number of hydrogen-bond acceptors (Lipinski definition) is 3. The van der Waals surface area contributed by atoms with Crippen LogP contribution >= 0.6 is 15.9 Å². The summed E-state index contributed by atoms with van der Waals surface area (Å²) in [5.74, 6) is 0.0887. The van der Waals surface area contributed by atoms with Crippen LogP contribution in [0, 0.1) is 5.92 Å². The fourth-order valence-corrected chi connectivity index (χ4v) is 2.16. The predicted octanol–water partition coefficient (Wildman–Crippen LogP) is 2.99. The van der Waals surface area contributed by atoms with Gasteiger partial charge in [-0.05, 0) is 38.5 Å². The van der Waals surface area contributed by atoms with Gasteiger partial charge in [-0.15, -0.1) is 0 Å². The molecule has 0 amide bonds. The lowest BCUT2D eigenvalue weighted by Gasteiger charge is -2.22. The van der Waals surface area contributed by atoms with E-state index in [2.05, 4.69) is 25.7 Å². The number of halogens is 1. The third-order valence-corrected chi connectivity index (χ3v) is 3.38. The number of alkyl halides is 1. The summed E-state index contributed by atoms with van der Waals surface area (Å²) < 4.78 is 0. The second-order valence-corrected chi connectivity index (χ2v) is 4.98. The molecule has 0 saturated heterocycles. The minimum absolute atomic E-state index is 0.383. The van der Waals surface area contributed by atoms with Gasteiger partial charge in [-0.1, -0.05) is 22.0 Å². The molecule has 15 heavy (non-hydrogen) atoms. The van der Waals surface area contributed by atoms with Gasteiger partial charge in [-0.25, -0.2) is 4.79 Å². The molecule has 3 nitrogen and oxygen atoms in total. The third-order valence-electron chi connectivity index (χ3n) is 2.46. The molecule has 0 atom stereocenters.